The first-order valence-corrected chi connectivity index (χ1v) is 8.06. The second-order valence-corrected chi connectivity index (χ2v) is 6.06. The number of hydrogen-bond acceptors (Lipinski definition) is 7. The lowest BCUT2D eigenvalue weighted by Crippen LogP contribution is -2.07. The molecule has 2 heterocycles. The standard InChI is InChI=1S/C12H17N5S2/c1-3-5-9-10(13-6-4-2)14-7-15-11(9)19-12-17-16-8-18-12/h7-8H,3-6H2,1-2H3,(H,13,14,15). The van der Waals surface area contributed by atoms with E-state index in [9.17, 15) is 0 Å². The summed E-state index contributed by atoms with van der Waals surface area (Å²) in [6.07, 6.45) is 4.72. The van der Waals surface area contributed by atoms with Crippen LogP contribution in [-0.2, 0) is 6.42 Å². The van der Waals surface area contributed by atoms with Gasteiger partial charge in [-0.3, -0.25) is 0 Å². The summed E-state index contributed by atoms with van der Waals surface area (Å²) in [6.45, 7) is 5.23. The van der Waals surface area contributed by atoms with Crippen molar-refractivity contribution >= 4 is 28.9 Å². The fourth-order valence-corrected chi connectivity index (χ4v) is 3.16. The van der Waals surface area contributed by atoms with E-state index in [1.165, 1.54) is 16.9 Å². The smallest absolute Gasteiger partial charge is 0.180 e. The summed E-state index contributed by atoms with van der Waals surface area (Å²) in [4.78, 5) is 8.75. The zero-order chi connectivity index (χ0) is 13.5. The van der Waals surface area contributed by atoms with Gasteiger partial charge < -0.3 is 5.32 Å². The minimum absolute atomic E-state index is 0.914. The van der Waals surface area contributed by atoms with Gasteiger partial charge in [-0.1, -0.05) is 31.6 Å². The van der Waals surface area contributed by atoms with E-state index in [4.69, 9.17) is 0 Å². The van der Waals surface area contributed by atoms with Gasteiger partial charge in [0.25, 0.3) is 0 Å². The summed E-state index contributed by atoms with van der Waals surface area (Å²) in [5.74, 6) is 0.950. The third kappa shape index (κ3) is 3.87. The zero-order valence-electron chi connectivity index (χ0n) is 11.1. The summed E-state index contributed by atoms with van der Waals surface area (Å²) in [5, 5.41) is 12.3. The quantitative estimate of drug-likeness (QED) is 0.791. The van der Waals surface area contributed by atoms with Crippen LogP contribution in [0.25, 0.3) is 0 Å². The molecule has 0 aliphatic carbocycles. The lowest BCUT2D eigenvalue weighted by Gasteiger charge is -2.12. The summed E-state index contributed by atoms with van der Waals surface area (Å²) >= 11 is 3.09. The van der Waals surface area contributed by atoms with Crippen molar-refractivity contribution in [2.45, 2.75) is 42.5 Å². The van der Waals surface area contributed by atoms with Crippen molar-refractivity contribution in [3.8, 4) is 0 Å². The molecule has 0 radical (unpaired) electrons. The molecule has 7 heteroatoms. The third-order valence-electron chi connectivity index (χ3n) is 2.47. The summed E-state index contributed by atoms with van der Waals surface area (Å²) < 4.78 is 0.914. The van der Waals surface area contributed by atoms with Crippen molar-refractivity contribution in [3.05, 3.63) is 17.4 Å². The van der Waals surface area contributed by atoms with E-state index in [0.717, 1.165) is 41.0 Å². The highest BCUT2D eigenvalue weighted by Crippen LogP contribution is 2.32. The van der Waals surface area contributed by atoms with Gasteiger partial charge in [0.1, 0.15) is 22.7 Å². The second kappa shape index (κ2) is 7.40. The molecule has 0 saturated heterocycles. The maximum absolute atomic E-state index is 4.39. The Hall–Kier alpha value is -1.21. The molecule has 0 fully saturated rings. The molecule has 102 valence electrons. The average Bonchev–Trinajstić information content (AvgIpc) is 2.92. The van der Waals surface area contributed by atoms with Gasteiger partial charge in [-0.05, 0) is 24.6 Å². The van der Waals surface area contributed by atoms with Crippen LogP contribution in [0.2, 0.25) is 0 Å². The van der Waals surface area contributed by atoms with Crippen molar-refractivity contribution in [1.82, 2.24) is 20.2 Å². The molecule has 0 bridgehead atoms. The van der Waals surface area contributed by atoms with Gasteiger partial charge >= 0.3 is 0 Å². The first-order valence-electron chi connectivity index (χ1n) is 6.36. The van der Waals surface area contributed by atoms with Crippen molar-refractivity contribution in [3.63, 3.8) is 0 Å². The molecular weight excluding hydrogens is 278 g/mol. The van der Waals surface area contributed by atoms with Crippen LogP contribution in [0, 0.1) is 0 Å². The van der Waals surface area contributed by atoms with Gasteiger partial charge in [0.15, 0.2) is 4.34 Å². The molecule has 19 heavy (non-hydrogen) atoms. The summed E-state index contributed by atoms with van der Waals surface area (Å²) in [6, 6.07) is 0. The van der Waals surface area contributed by atoms with Gasteiger partial charge in [0.05, 0.1) is 0 Å². The van der Waals surface area contributed by atoms with Crippen LogP contribution in [0.3, 0.4) is 0 Å². The maximum atomic E-state index is 4.39. The fraction of sp³-hybridized carbons (Fsp3) is 0.500. The van der Waals surface area contributed by atoms with E-state index >= 15 is 0 Å². The van der Waals surface area contributed by atoms with E-state index in [2.05, 4.69) is 39.3 Å². The van der Waals surface area contributed by atoms with E-state index in [1.54, 1.807) is 23.6 Å². The highest BCUT2D eigenvalue weighted by atomic mass is 32.2. The summed E-state index contributed by atoms with van der Waals surface area (Å²) in [7, 11) is 0. The SMILES string of the molecule is CCCNc1ncnc(Sc2nncs2)c1CCC. The van der Waals surface area contributed by atoms with Crippen LogP contribution < -0.4 is 5.32 Å². The molecule has 5 nitrogen and oxygen atoms in total. The van der Waals surface area contributed by atoms with E-state index in [0.29, 0.717) is 0 Å². The van der Waals surface area contributed by atoms with Crippen molar-refractivity contribution in [2.24, 2.45) is 0 Å². The Morgan fingerprint density at radius 2 is 2.16 bits per heavy atom. The molecule has 1 N–H and O–H groups in total. The molecular formula is C12H17N5S2. The van der Waals surface area contributed by atoms with Gasteiger partial charge in [-0.25, -0.2) is 9.97 Å². The van der Waals surface area contributed by atoms with Gasteiger partial charge in [0.2, 0.25) is 0 Å². The number of aromatic nitrogens is 4. The number of rotatable bonds is 7. The van der Waals surface area contributed by atoms with Gasteiger partial charge in [-0.15, -0.1) is 10.2 Å². The van der Waals surface area contributed by atoms with Gasteiger partial charge in [0, 0.05) is 12.1 Å². The van der Waals surface area contributed by atoms with Crippen LogP contribution in [0.5, 0.6) is 0 Å². The Balaban J connectivity index is 2.25. The Morgan fingerprint density at radius 3 is 2.84 bits per heavy atom. The number of nitrogens with zero attached hydrogens (tertiary/aromatic N) is 4. The van der Waals surface area contributed by atoms with Crippen LogP contribution in [0.15, 0.2) is 21.2 Å². The molecule has 0 spiro atoms. The highest BCUT2D eigenvalue weighted by molar-refractivity contribution is 8.01. The second-order valence-electron chi connectivity index (χ2n) is 3.99. The highest BCUT2D eigenvalue weighted by Gasteiger charge is 2.13. The lowest BCUT2D eigenvalue weighted by atomic mass is 10.2. The van der Waals surface area contributed by atoms with Crippen LogP contribution >= 0.6 is 23.1 Å². The monoisotopic (exact) mass is 295 g/mol. The molecule has 0 saturated carbocycles. The Labute approximate surface area is 121 Å². The van der Waals surface area contributed by atoms with Crippen molar-refractivity contribution in [2.75, 3.05) is 11.9 Å². The molecule has 2 rings (SSSR count). The molecule has 2 aromatic heterocycles. The number of anilines is 1. The average molecular weight is 295 g/mol. The lowest BCUT2D eigenvalue weighted by molar-refractivity contribution is 0.848. The molecule has 0 unspecified atom stereocenters. The maximum Gasteiger partial charge on any atom is 0.180 e. The minimum atomic E-state index is 0.914. The summed E-state index contributed by atoms with van der Waals surface area (Å²) in [5.41, 5.74) is 2.91. The zero-order valence-corrected chi connectivity index (χ0v) is 12.7. The predicted octanol–water partition coefficient (Wildman–Crippen LogP) is 3.25. The normalized spacial score (nSPS) is 10.6. The number of hydrogen-bond donors (Lipinski definition) is 1. The molecule has 0 aliphatic rings. The number of nitrogens with one attached hydrogen (secondary N) is 1. The Morgan fingerprint density at radius 1 is 1.26 bits per heavy atom. The van der Waals surface area contributed by atoms with Crippen LogP contribution in [0.1, 0.15) is 32.3 Å². The fourth-order valence-electron chi connectivity index (χ4n) is 1.65. The largest absolute Gasteiger partial charge is 0.370 e. The first-order chi connectivity index (χ1) is 9.35. The van der Waals surface area contributed by atoms with E-state index < -0.39 is 0 Å². The van der Waals surface area contributed by atoms with E-state index in [1.807, 2.05) is 0 Å². The molecule has 0 aromatic carbocycles. The molecule has 0 aliphatic heterocycles. The predicted molar refractivity (Wildman–Crippen MR) is 78.8 cm³/mol. The minimum Gasteiger partial charge on any atom is -0.370 e. The molecule has 0 atom stereocenters. The van der Waals surface area contributed by atoms with Crippen LogP contribution in [0.4, 0.5) is 5.82 Å². The van der Waals surface area contributed by atoms with Crippen molar-refractivity contribution < 1.29 is 0 Å². The molecule has 2 aromatic rings. The van der Waals surface area contributed by atoms with Crippen LogP contribution in [-0.4, -0.2) is 26.7 Å². The topological polar surface area (TPSA) is 63.6 Å². The molecule has 0 amide bonds. The Bertz CT molecular complexity index is 501. The van der Waals surface area contributed by atoms with E-state index in [-0.39, 0.29) is 0 Å². The third-order valence-corrected chi connectivity index (χ3v) is 4.30. The first kappa shape index (κ1) is 14.2. The van der Waals surface area contributed by atoms with Gasteiger partial charge in [-0.2, -0.15) is 0 Å². The Kier molecular flexibility index (Phi) is 5.53. The van der Waals surface area contributed by atoms with Crippen molar-refractivity contribution in [1.29, 1.82) is 0 Å².